The van der Waals surface area contributed by atoms with Crippen LogP contribution in [0.15, 0.2) is 30.3 Å². The Kier molecular flexibility index (Phi) is 7.14. The van der Waals surface area contributed by atoms with E-state index < -0.39 is 11.9 Å². The molecule has 0 fully saturated rings. The first-order valence-electron chi connectivity index (χ1n) is 8.65. The van der Waals surface area contributed by atoms with Crippen LogP contribution in [0.1, 0.15) is 23.7 Å². The van der Waals surface area contributed by atoms with E-state index in [-0.39, 0.29) is 35.0 Å². The molecule has 1 atom stereocenters. The minimum Gasteiger partial charge on any atom is -0.481 e. The highest BCUT2D eigenvalue weighted by Gasteiger charge is 2.23. The first kappa shape index (κ1) is 20.9. The fraction of sp³-hybridized carbons (Fsp3) is 0.368. The largest absolute Gasteiger partial charge is 0.481 e. The van der Waals surface area contributed by atoms with E-state index in [4.69, 9.17) is 14.2 Å². The molecular formula is C19H24N4O5. The zero-order valence-electron chi connectivity index (χ0n) is 16.6. The monoisotopic (exact) mass is 388 g/mol. The first-order valence-corrected chi connectivity index (χ1v) is 8.65. The molecule has 0 aliphatic rings. The number of carbonyl (C=O) groups is 2. The number of methoxy groups -OCH3 is 2. The Bertz CT molecular complexity index is 819. The van der Waals surface area contributed by atoms with Crippen molar-refractivity contribution in [2.75, 3.05) is 28.3 Å². The molecule has 0 radical (unpaired) electrons. The number of para-hydroxylation sites is 1. The van der Waals surface area contributed by atoms with Gasteiger partial charge in [-0.25, -0.2) is 0 Å². The maximum atomic E-state index is 12.7. The van der Waals surface area contributed by atoms with Crippen LogP contribution < -0.4 is 19.5 Å². The molecule has 0 saturated carbocycles. The highest BCUT2D eigenvalue weighted by atomic mass is 16.5. The zero-order valence-corrected chi connectivity index (χ0v) is 16.6. The Morgan fingerprint density at radius 3 is 2.25 bits per heavy atom. The molecule has 9 heteroatoms. The molecule has 1 aromatic heterocycles. The summed E-state index contributed by atoms with van der Waals surface area (Å²) in [6, 6.07) is 7.45. The van der Waals surface area contributed by atoms with Gasteiger partial charge < -0.3 is 24.4 Å². The molecule has 1 heterocycles. The third-order valence-corrected chi connectivity index (χ3v) is 3.86. The summed E-state index contributed by atoms with van der Waals surface area (Å²) in [6.07, 6.45) is 0.460. The maximum absolute atomic E-state index is 12.7. The summed E-state index contributed by atoms with van der Waals surface area (Å²) in [5.74, 6) is 0.128. The van der Waals surface area contributed by atoms with Crippen LogP contribution in [0.5, 0.6) is 23.5 Å². The van der Waals surface area contributed by atoms with E-state index in [1.54, 1.807) is 38.4 Å². The molecule has 28 heavy (non-hydrogen) atoms. The molecule has 0 aliphatic heterocycles. The highest BCUT2D eigenvalue weighted by molar-refractivity contribution is 5.99. The molecule has 2 amide bonds. The fourth-order valence-corrected chi connectivity index (χ4v) is 2.37. The normalized spacial score (nSPS) is 11.3. The van der Waals surface area contributed by atoms with Crippen molar-refractivity contribution < 1.29 is 23.8 Å². The summed E-state index contributed by atoms with van der Waals surface area (Å²) in [5.41, 5.74) is 0.248. The number of rotatable bonds is 8. The summed E-state index contributed by atoms with van der Waals surface area (Å²) < 4.78 is 15.9. The van der Waals surface area contributed by atoms with Gasteiger partial charge in [-0.15, -0.1) is 0 Å². The van der Waals surface area contributed by atoms with E-state index in [0.717, 1.165) is 0 Å². The van der Waals surface area contributed by atoms with Crippen LogP contribution in [0.3, 0.4) is 0 Å². The average molecular weight is 388 g/mol. The number of ether oxygens (including phenoxy) is 3. The second kappa shape index (κ2) is 9.54. The molecule has 1 N–H and O–H groups in total. The third-order valence-electron chi connectivity index (χ3n) is 3.86. The van der Waals surface area contributed by atoms with Gasteiger partial charge in [0.2, 0.25) is 17.7 Å². The van der Waals surface area contributed by atoms with E-state index >= 15 is 0 Å². The lowest BCUT2D eigenvalue weighted by Gasteiger charge is -2.21. The molecule has 0 spiro atoms. The average Bonchev–Trinajstić information content (AvgIpc) is 2.71. The van der Waals surface area contributed by atoms with Crippen molar-refractivity contribution in [3.05, 3.63) is 35.9 Å². The van der Waals surface area contributed by atoms with Crippen LogP contribution in [-0.2, 0) is 4.79 Å². The van der Waals surface area contributed by atoms with Gasteiger partial charge in [-0.05, 0) is 18.6 Å². The van der Waals surface area contributed by atoms with E-state index in [0.29, 0.717) is 6.42 Å². The van der Waals surface area contributed by atoms with Crippen LogP contribution in [0.2, 0.25) is 0 Å². The Morgan fingerprint density at radius 1 is 1.11 bits per heavy atom. The molecule has 2 aromatic rings. The number of likely N-dealkylation sites (N-methyl/N-ethyl adjacent to an activating group) is 1. The number of amides is 2. The van der Waals surface area contributed by atoms with Gasteiger partial charge in [-0.3, -0.25) is 9.59 Å². The van der Waals surface area contributed by atoms with Crippen molar-refractivity contribution in [3.63, 3.8) is 0 Å². The minimum atomic E-state index is -0.635. The Labute approximate surface area is 163 Å². The van der Waals surface area contributed by atoms with Crippen molar-refractivity contribution in [1.29, 1.82) is 0 Å². The number of carbonyl (C=O) groups excluding carboxylic acids is 2. The molecule has 0 bridgehead atoms. The molecule has 0 aliphatic carbocycles. The fourth-order valence-electron chi connectivity index (χ4n) is 2.37. The van der Waals surface area contributed by atoms with E-state index in [2.05, 4.69) is 15.3 Å². The molecule has 150 valence electrons. The SMILES string of the molecule is CCC(NC(=O)c1ccccc1Oc1nc(OC)cc(OC)n1)C(=O)N(C)C. The first-order chi connectivity index (χ1) is 13.4. The topological polar surface area (TPSA) is 103 Å². The summed E-state index contributed by atoms with van der Waals surface area (Å²) in [4.78, 5) is 34.6. The van der Waals surface area contributed by atoms with Crippen LogP contribution in [0.25, 0.3) is 0 Å². The van der Waals surface area contributed by atoms with Crippen LogP contribution >= 0.6 is 0 Å². The number of nitrogens with zero attached hydrogens (tertiary/aromatic N) is 3. The summed E-state index contributed by atoms with van der Waals surface area (Å²) >= 11 is 0. The lowest BCUT2D eigenvalue weighted by molar-refractivity contribution is -0.130. The van der Waals surface area contributed by atoms with E-state index in [9.17, 15) is 9.59 Å². The second-order valence-corrected chi connectivity index (χ2v) is 6.00. The molecule has 9 nitrogen and oxygen atoms in total. The Balaban J connectivity index is 2.28. The number of hydrogen-bond acceptors (Lipinski definition) is 7. The van der Waals surface area contributed by atoms with Crippen molar-refractivity contribution in [2.45, 2.75) is 19.4 Å². The molecular weight excluding hydrogens is 364 g/mol. The highest BCUT2D eigenvalue weighted by Crippen LogP contribution is 2.26. The van der Waals surface area contributed by atoms with Gasteiger partial charge in [0, 0.05) is 14.1 Å². The number of nitrogens with one attached hydrogen (secondary N) is 1. The van der Waals surface area contributed by atoms with Gasteiger partial charge in [0.15, 0.2) is 0 Å². The van der Waals surface area contributed by atoms with Gasteiger partial charge >= 0.3 is 6.01 Å². The number of aromatic nitrogens is 2. The summed E-state index contributed by atoms with van der Waals surface area (Å²) in [5, 5.41) is 2.74. The van der Waals surface area contributed by atoms with Gasteiger partial charge in [0.25, 0.3) is 5.91 Å². The lowest BCUT2D eigenvalue weighted by atomic mass is 10.1. The van der Waals surface area contributed by atoms with Gasteiger partial charge in [-0.1, -0.05) is 19.1 Å². The molecule has 1 aromatic carbocycles. The lowest BCUT2D eigenvalue weighted by Crippen LogP contribution is -2.45. The Morgan fingerprint density at radius 2 is 1.71 bits per heavy atom. The minimum absolute atomic E-state index is 0.0344. The number of hydrogen-bond donors (Lipinski definition) is 1. The number of benzene rings is 1. The predicted molar refractivity (Wildman–Crippen MR) is 102 cm³/mol. The quantitative estimate of drug-likeness (QED) is 0.736. The molecule has 0 saturated heterocycles. The van der Waals surface area contributed by atoms with Gasteiger partial charge in [0.1, 0.15) is 11.8 Å². The third kappa shape index (κ3) is 5.09. The van der Waals surface area contributed by atoms with Crippen molar-refractivity contribution in [1.82, 2.24) is 20.2 Å². The van der Waals surface area contributed by atoms with Crippen molar-refractivity contribution in [2.24, 2.45) is 0 Å². The van der Waals surface area contributed by atoms with Crippen LogP contribution in [0.4, 0.5) is 0 Å². The zero-order chi connectivity index (χ0) is 20.7. The summed E-state index contributed by atoms with van der Waals surface area (Å²) in [7, 11) is 6.20. The van der Waals surface area contributed by atoms with Crippen LogP contribution in [0, 0.1) is 0 Å². The van der Waals surface area contributed by atoms with Crippen LogP contribution in [-0.4, -0.2) is 61.0 Å². The van der Waals surface area contributed by atoms with E-state index in [1.807, 2.05) is 6.92 Å². The van der Waals surface area contributed by atoms with Gasteiger partial charge in [0.05, 0.1) is 25.8 Å². The van der Waals surface area contributed by atoms with Crippen molar-refractivity contribution >= 4 is 11.8 Å². The van der Waals surface area contributed by atoms with E-state index in [1.165, 1.54) is 25.2 Å². The second-order valence-electron chi connectivity index (χ2n) is 6.00. The predicted octanol–water partition coefficient (Wildman–Crippen LogP) is 1.88. The maximum Gasteiger partial charge on any atom is 0.328 e. The summed E-state index contributed by atoms with van der Waals surface area (Å²) in [6.45, 7) is 1.82. The smallest absolute Gasteiger partial charge is 0.328 e. The van der Waals surface area contributed by atoms with Crippen molar-refractivity contribution in [3.8, 4) is 23.5 Å². The molecule has 2 rings (SSSR count). The Hall–Kier alpha value is -3.36. The molecule has 1 unspecified atom stereocenters. The van der Waals surface area contributed by atoms with Gasteiger partial charge in [-0.2, -0.15) is 9.97 Å². The standard InChI is InChI=1S/C19H24N4O5/c1-6-13(18(25)23(2)3)20-17(24)12-9-7-8-10-14(12)28-19-21-15(26-4)11-16(22-19)27-5/h7-11,13H,6H2,1-5H3,(H,20,24).